The second-order valence-electron chi connectivity index (χ2n) is 11.5. The third kappa shape index (κ3) is 13.0. The molecule has 0 saturated carbocycles. The van der Waals surface area contributed by atoms with E-state index in [4.69, 9.17) is 30.5 Å². The maximum Gasteiger partial charge on any atom is 0.408 e. The molecule has 3 atom stereocenters. The first-order valence-electron chi connectivity index (χ1n) is 16.3. The van der Waals surface area contributed by atoms with Crippen molar-refractivity contribution in [3.05, 3.63) is 136 Å². The lowest BCUT2D eigenvalue weighted by atomic mass is 10.0. The van der Waals surface area contributed by atoms with Gasteiger partial charge in [-0.15, -0.1) is 0 Å². The minimum atomic E-state index is -1.32. The Morgan fingerprint density at radius 2 is 1.29 bits per heavy atom. The molecule has 15 nitrogen and oxygen atoms in total. The van der Waals surface area contributed by atoms with Crippen molar-refractivity contribution >= 4 is 23.9 Å². The van der Waals surface area contributed by atoms with E-state index in [1.165, 1.54) is 11.4 Å². The van der Waals surface area contributed by atoms with Crippen LogP contribution in [0.25, 0.3) is 0 Å². The topological polar surface area (TPSA) is 228 Å². The number of esters is 1. The fourth-order valence-electron chi connectivity index (χ4n) is 4.92. The number of phenolic OH excluding ortho intramolecular Hbond substituents is 1. The third-order valence-corrected chi connectivity index (χ3v) is 7.53. The van der Waals surface area contributed by atoms with Crippen molar-refractivity contribution in [3.63, 3.8) is 0 Å². The fraction of sp³-hybridized carbons (Fsp3) is 0.243. The van der Waals surface area contributed by atoms with E-state index >= 15 is 0 Å². The lowest BCUT2D eigenvalue weighted by Gasteiger charge is -2.23. The second kappa shape index (κ2) is 20.1. The Bertz CT molecular complexity index is 1770. The molecule has 0 aliphatic carbocycles. The molecule has 4 aromatic carbocycles. The summed E-state index contributed by atoms with van der Waals surface area (Å²) < 4.78 is 16.8. The summed E-state index contributed by atoms with van der Waals surface area (Å²) in [6, 6.07) is 29.2. The van der Waals surface area contributed by atoms with Gasteiger partial charge in [-0.25, -0.2) is 19.4 Å². The number of alkyl carbamates (subject to hydrolysis) is 1. The highest BCUT2D eigenvalue weighted by Gasteiger charge is 2.30. The number of phenols is 1. The zero-order valence-corrected chi connectivity index (χ0v) is 28.2. The van der Waals surface area contributed by atoms with Crippen LogP contribution in [-0.2, 0) is 50.1 Å². The summed E-state index contributed by atoms with van der Waals surface area (Å²) in [5.74, 6) is -1.87. The van der Waals surface area contributed by atoms with Gasteiger partial charge in [-0.05, 0) is 40.8 Å². The molecule has 52 heavy (non-hydrogen) atoms. The highest BCUT2D eigenvalue weighted by atomic mass is 16.7. The first-order valence-corrected chi connectivity index (χ1v) is 16.3. The smallest absolute Gasteiger partial charge is 0.408 e. The van der Waals surface area contributed by atoms with E-state index in [9.17, 15) is 24.4 Å². The van der Waals surface area contributed by atoms with Crippen LogP contribution in [0.1, 0.15) is 35.1 Å². The van der Waals surface area contributed by atoms with Crippen LogP contribution in [-0.4, -0.2) is 47.3 Å². The average molecular weight is 714 g/mol. The van der Waals surface area contributed by atoms with Crippen LogP contribution in [0.5, 0.6) is 11.5 Å². The maximum atomic E-state index is 13.8. The number of hydrogen-bond donors (Lipinski definition) is 6. The van der Waals surface area contributed by atoms with Gasteiger partial charge in [-0.2, -0.15) is 0 Å². The number of benzene rings is 4. The van der Waals surface area contributed by atoms with Crippen LogP contribution in [0.4, 0.5) is 4.79 Å². The summed E-state index contributed by atoms with van der Waals surface area (Å²) in [6.45, 7) is 0.0301. The Morgan fingerprint density at radius 3 is 1.87 bits per heavy atom. The molecule has 15 heteroatoms. The van der Waals surface area contributed by atoms with Crippen LogP contribution < -0.4 is 32.2 Å². The molecule has 272 valence electrons. The Labute approximate surface area is 299 Å². The number of nitrogens with two attached hydrogens (primary N) is 2. The van der Waals surface area contributed by atoms with E-state index in [0.717, 1.165) is 11.1 Å². The van der Waals surface area contributed by atoms with Gasteiger partial charge in [0.15, 0.2) is 17.5 Å². The number of aliphatic imine (C=N–C) groups is 1. The summed E-state index contributed by atoms with van der Waals surface area (Å²) in [4.78, 5) is 59.8. The van der Waals surface area contributed by atoms with Crippen LogP contribution in [0, 0.1) is 4.91 Å². The minimum Gasteiger partial charge on any atom is -0.504 e. The standard InChI is InChI=1S/C37H40N6O9/c38-36(39)42-33(52-43-48)19-17-29(41-37(47)51-24-27-14-8-3-9-15-27)34(45)40-30(35(46)50-23-26-12-6-2-7-13-26)20-28-16-18-31(44)32(21-28)49-22-25-10-4-1-5-11-25/h1-16,18,21,29-30,33,43H,17,19-20,22-24H2,(H6-,38,39,40,41,42,44,45,47)/p+1/t29-,30-,33?/m0/s1. The molecule has 0 radical (unpaired) electrons. The fourth-order valence-corrected chi connectivity index (χ4v) is 4.92. The summed E-state index contributed by atoms with van der Waals surface area (Å²) in [5.41, 5.74) is 13.7. The van der Waals surface area contributed by atoms with E-state index in [2.05, 4.69) is 15.6 Å². The van der Waals surface area contributed by atoms with E-state index < -0.39 is 36.3 Å². The largest absolute Gasteiger partial charge is 0.504 e. The van der Waals surface area contributed by atoms with Crippen molar-refractivity contribution < 1.29 is 43.9 Å². The summed E-state index contributed by atoms with van der Waals surface area (Å²) in [7, 11) is 0. The molecule has 0 fully saturated rings. The van der Waals surface area contributed by atoms with Gasteiger partial charge in [0, 0.05) is 12.8 Å². The zero-order chi connectivity index (χ0) is 37.1. The number of nitrogens with one attached hydrogen (secondary N) is 3. The van der Waals surface area contributed by atoms with Crippen molar-refractivity contribution in [2.75, 3.05) is 0 Å². The number of aromatic hydroxyl groups is 1. The number of carbonyl (C=O) groups excluding carboxylic acids is 3. The number of guanidine groups is 1. The molecule has 0 heterocycles. The molecule has 0 saturated heterocycles. The van der Waals surface area contributed by atoms with Gasteiger partial charge < -0.3 is 41.4 Å². The number of carbonyl (C=O) groups is 3. The maximum absolute atomic E-state index is 13.8. The molecule has 8 N–H and O–H groups in total. The third-order valence-electron chi connectivity index (χ3n) is 7.53. The van der Waals surface area contributed by atoms with Crippen LogP contribution in [0.3, 0.4) is 0 Å². The molecule has 4 aromatic rings. The molecule has 0 spiro atoms. The van der Waals surface area contributed by atoms with Gasteiger partial charge in [-0.1, -0.05) is 97.1 Å². The number of hydrogen-bond acceptors (Lipinski definition) is 10. The SMILES string of the molecule is NC(N)=NC(CC[C@H](NC(=O)OCc1ccccc1)C(=O)N[C@@H](Cc1ccc(O)c(OCc2ccccc2)c1)C(=O)OCc1ccccc1)O[NH+]=O. The number of nitrogens with zero attached hydrogens (tertiary/aromatic N) is 1. The first-order chi connectivity index (χ1) is 25.2. The van der Waals surface area contributed by atoms with E-state index in [-0.39, 0.29) is 56.5 Å². The predicted octanol–water partition coefficient (Wildman–Crippen LogP) is 2.20. The molecule has 0 bridgehead atoms. The normalized spacial score (nSPS) is 12.2. The lowest BCUT2D eigenvalue weighted by Crippen LogP contribution is -2.65. The molecule has 0 aliphatic rings. The van der Waals surface area contributed by atoms with Crippen molar-refractivity contribution in [1.29, 1.82) is 0 Å². The van der Waals surface area contributed by atoms with E-state index in [0.29, 0.717) is 11.1 Å². The summed E-state index contributed by atoms with van der Waals surface area (Å²) in [6.07, 6.45) is -2.48. The zero-order valence-electron chi connectivity index (χ0n) is 28.2. The van der Waals surface area contributed by atoms with Crippen LogP contribution in [0.2, 0.25) is 0 Å². The molecule has 4 rings (SSSR count). The monoisotopic (exact) mass is 713 g/mol. The van der Waals surface area contributed by atoms with Gasteiger partial charge in [0.05, 0.1) is 4.91 Å². The minimum absolute atomic E-state index is 0.0692. The second-order valence-corrected chi connectivity index (χ2v) is 11.5. The highest BCUT2D eigenvalue weighted by molar-refractivity contribution is 5.89. The van der Waals surface area contributed by atoms with E-state index in [1.54, 1.807) is 60.7 Å². The van der Waals surface area contributed by atoms with E-state index in [1.807, 2.05) is 42.5 Å². The molecule has 0 aromatic heterocycles. The first kappa shape index (κ1) is 38.2. The molecular weight excluding hydrogens is 672 g/mol. The number of rotatable bonds is 19. The average Bonchev–Trinajstić information content (AvgIpc) is 3.15. The highest BCUT2D eigenvalue weighted by Crippen LogP contribution is 2.28. The summed E-state index contributed by atoms with van der Waals surface area (Å²) >= 11 is 0. The molecule has 2 amide bonds. The quantitative estimate of drug-likeness (QED) is 0.0357. The van der Waals surface area contributed by atoms with Gasteiger partial charge in [0.25, 0.3) is 6.23 Å². The van der Waals surface area contributed by atoms with Crippen LogP contribution in [0.15, 0.2) is 114 Å². The summed E-state index contributed by atoms with van der Waals surface area (Å²) in [5, 5.41) is 16.9. The van der Waals surface area contributed by atoms with Crippen molar-refractivity contribution in [1.82, 2.24) is 10.6 Å². The van der Waals surface area contributed by atoms with Gasteiger partial charge >= 0.3 is 12.1 Å². The Balaban J connectivity index is 1.54. The van der Waals surface area contributed by atoms with Gasteiger partial charge in [0.2, 0.25) is 11.2 Å². The van der Waals surface area contributed by atoms with Gasteiger partial charge in [0.1, 0.15) is 31.9 Å². The number of amides is 2. The van der Waals surface area contributed by atoms with Gasteiger partial charge in [-0.3, -0.25) is 4.79 Å². The predicted molar refractivity (Wildman–Crippen MR) is 189 cm³/mol. The Morgan fingerprint density at radius 1 is 0.712 bits per heavy atom. The van der Waals surface area contributed by atoms with Crippen molar-refractivity contribution in [3.8, 4) is 11.5 Å². The molecule has 0 aliphatic heterocycles. The van der Waals surface area contributed by atoms with Crippen molar-refractivity contribution in [2.24, 2.45) is 16.5 Å². The Kier molecular flexibility index (Phi) is 14.8. The van der Waals surface area contributed by atoms with Crippen molar-refractivity contribution in [2.45, 2.75) is 57.4 Å². The molecule has 1 unspecified atom stereocenters. The van der Waals surface area contributed by atoms with Crippen LogP contribution >= 0.6 is 0 Å². The lowest BCUT2D eigenvalue weighted by molar-refractivity contribution is -0.780. The number of ether oxygens (including phenoxy) is 3. The Hall–Kier alpha value is -6.64. The molecular formula is C37H41N6O9+.